The standard InChI is InChI=1S/C18H22ClN3O/c1-14-7-10-22(11-8-14)18(23)16(12-20)13-21-9-6-15-4-2-3-5-17(15)19/h2-5,13-14,21H,6-11H2,1H3/b16-13-. The largest absolute Gasteiger partial charge is 0.389 e. The quantitative estimate of drug-likeness (QED) is 0.512. The summed E-state index contributed by atoms with van der Waals surface area (Å²) in [4.78, 5) is 14.1. The second-order valence-electron chi connectivity index (χ2n) is 5.94. The van der Waals surface area contributed by atoms with E-state index >= 15 is 0 Å². The summed E-state index contributed by atoms with van der Waals surface area (Å²) < 4.78 is 0. The van der Waals surface area contributed by atoms with Gasteiger partial charge < -0.3 is 10.2 Å². The first-order chi connectivity index (χ1) is 11.1. The lowest BCUT2D eigenvalue weighted by Gasteiger charge is -2.30. The molecular weight excluding hydrogens is 310 g/mol. The summed E-state index contributed by atoms with van der Waals surface area (Å²) in [5.74, 6) is 0.479. The Hall–Kier alpha value is -1.99. The monoisotopic (exact) mass is 331 g/mol. The summed E-state index contributed by atoms with van der Waals surface area (Å²) in [6.07, 6.45) is 4.27. The highest BCUT2D eigenvalue weighted by atomic mass is 35.5. The van der Waals surface area contributed by atoms with Gasteiger partial charge in [-0.1, -0.05) is 36.7 Å². The first-order valence-corrected chi connectivity index (χ1v) is 8.36. The van der Waals surface area contributed by atoms with Crippen LogP contribution in [0.15, 0.2) is 36.0 Å². The molecule has 1 aromatic carbocycles. The zero-order valence-electron chi connectivity index (χ0n) is 13.4. The molecule has 0 aromatic heterocycles. The van der Waals surface area contributed by atoms with Crippen molar-refractivity contribution in [2.75, 3.05) is 19.6 Å². The number of likely N-dealkylation sites (tertiary alicyclic amines) is 1. The smallest absolute Gasteiger partial charge is 0.265 e. The molecule has 1 aliphatic rings. The number of nitriles is 1. The minimum atomic E-state index is -0.176. The molecule has 0 atom stereocenters. The van der Waals surface area contributed by atoms with E-state index in [0.29, 0.717) is 12.5 Å². The Bertz CT molecular complexity index is 613. The number of halogens is 1. The molecule has 23 heavy (non-hydrogen) atoms. The fourth-order valence-electron chi connectivity index (χ4n) is 2.61. The lowest BCUT2D eigenvalue weighted by molar-refractivity contribution is -0.128. The van der Waals surface area contributed by atoms with Gasteiger partial charge >= 0.3 is 0 Å². The fourth-order valence-corrected chi connectivity index (χ4v) is 2.84. The number of nitrogens with zero attached hydrogens (tertiary/aromatic N) is 2. The Kier molecular flexibility index (Phi) is 6.49. The number of carbonyl (C=O) groups excluding carboxylic acids is 1. The van der Waals surface area contributed by atoms with Crippen molar-refractivity contribution in [2.24, 2.45) is 5.92 Å². The van der Waals surface area contributed by atoms with Gasteiger partial charge in [0.1, 0.15) is 11.6 Å². The van der Waals surface area contributed by atoms with Crippen LogP contribution in [0.3, 0.4) is 0 Å². The summed E-state index contributed by atoms with van der Waals surface area (Å²) in [7, 11) is 0. The van der Waals surface area contributed by atoms with E-state index in [4.69, 9.17) is 11.6 Å². The van der Waals surface area contributed by atoms with E-state index in [9.17, 15) is 10.1 Å². The number of hydrogen-bond donors (Lipinski definition) is 1. The summed E-state index contributed by atoms with van der Waals surface area (Å²) in [6, 6.07) is 9.67. The third-order valence-electron chi connectivity index (χ3n) is 4.16. The molecule has 0 aliphatic carbocycles. The van der Waals surface area contributed by atoms with E-state index in [2.05, 4.69) is 12.2 Å². The van der Waals surface area contributed by atoms with Crippen LogP contribution in [0.25, 0.3) is 0 Å². The van der Waals surface area contributed by atoms with Crippen LogP contribution in [0.1, 0.15) is 25.3 Å². The summed E-state index contributed by atoms with van der Waals surface area (Å²) in [5.41, 5.74) is 1.21. The number of nitrogens with one attached hydrogen (secondary N) is 1. The third-order valence-corrected chi connectivity index (χ3v) is 4.53. The molecule has 1 aliphatic heterocycles. The van der Waals surface area contributed by atoms with Crippen molar-refractivity contribution in [3.8, 4) is 6.07 Å². The Morgan fingerprint density at radius 1 is 1.43 bits per heavy atom. The zero-order valence-corrected chi connectivity index (χ0v) is 14.1. The van der Waals surface area contributed by atoms with Gasteiger partial charge in [-0.05, 0) is 36.8 Å². The van der Waals surface area contributed by atoms with Crippen molar-refractivity contribution >= 4 is 17.5 Å². The van der Waals surface area contributed by atoms with Crippen LogP contribution < -0.4 is 5.32 Å². The molecular formula is C18H22ClN3O. The molecule has 1 fully saturated rings. The van der Waals surface area contributed by atoms with Crippen LogP contribution in [-0.2, 0) is 11.2 Å². The van der Waals surface area contributed by atoms with Crippen molar-refractivity contribution in [1.82, 2.24) is 10.2 Å². The van der Waals surface area contributed by atoms with Crippen LogP contribution >= 0.6 is 11.6 Å². The predicted molar refractivity (Wildman–Crippen MR) is 91.8 cm³/mol. The van der Waals surface area contributed by atoms with Gasteiger partial charge in [-0.2, -0.15) is 5.26 Å². The highest BCUT2D eigenvalue weighted by molar-refractivity contribution is 6.31. The van der Waals surface area contributed by atoms with Crippen LogP contribution in [0.4, 0.5) is 0 Å². The molecule has 1 N–H and O–H groups in total. The highest BCUT2D eigenvalue weighted by Crippen LogP contribution is 2.17. The highest BCUT2D eigenvalue weighted by Gasteiger charge is 2.22. The minimum absolute atomic E-state index is 0.165. The van der Waals surface area contributed by atoms with Crippen molar-refractivity contribution in [3.63, 3.8) is 0 Å². The summed E-state index contributed by atoms with van der Waals surface area (Å²) in [6.45, 7) is 4.29. The Morgan fingerprint density at radius 2 is 2.13 bits per heavy atom. The average Bonchev–Trinajstić information content (AvgIpc) is 2.56. The van der Waals surface area contributed by atoms with E-state index in [-0.39, 0.29) is 11.5 Å². The van der Waals surface area contributed by atoms with Crippen molar-refractivity contribution in [1.29, 1.82) is 5.26 Å². The van der Waals surface area contributed by atoms with Crippen molar-refractivity contribution < 1.29 is 4.79 Å². The molecule has 4 nitrogen and oxygen atoms in total. The number of hydrogen-bond acceptors (Lipinski definition) is 3. The van der Waals surface area contributed by atoms with E-state index < -0.39 is 0 Å². The normalized spacial score (nSPS) is 16.0. The maximum Gasteiger partial charge on any atom is 0.265 e. The van der Waals surface area contributed by atoms with Crippen LogP contribution in [0.5, 0.6) is 0 Å². The first-order valence-electron chi connectivity index (χ1n) is 7.98. The number of rotatable bonds is 5. The average molecular weight is 332 g/mol. The minimum Gasteiger partial charge on any atom is -0.389 e. The van der Waals surface area contributed by atoms with Crippen LogP contribution in [0.2, 0.25) is 5.02 Å². The van der Waals surface area contributed by atoms with E-state index in [1.165, 1.54) is 6.20 Å². The molecule has 0 unspecified atom stereocenters. The number of benzene rings is 1. The van der Waals surface area contributed by atoms with Gasteiger partial charge in [0.2, 0.25) is 0 Å². The predicted octanol–water partition coefficient (Wildman–Crippen LogP) is 3.14. The van der Waals surface area contributed by atoms with Crippen LogP contribution in [0, 0.1) is 17.2 Å². The van der Waals surface area contributed by atoms with Crippen LogP contribution in [-0.4, -0.2) is 30.4 Å². The molecule has 0 bridgehead atoms. The molecule has 1 saturated heterocycles. The number of carbonyl (C=O) groups is 1. The van der Waals surface area contributed by atoms with Gasteiger partial charge in [-0.25, -0.2) is 0 Å². The lowest BCUT2D eigenvalue weighted by Crippen LogP contribution is -2.38. The maximum absolute atomic E-state index is 12.3. The van der Waals surface area contributed by atoms with Gasteiger partial charge in [0.05, 0.1) is 0 Å². The second kappa shape index (κ2) is 8.59. The Labute approximate surface area is 142 Å². The molecule has 122 valence electrons. The number of piperidine rings is 1. The SMILES string of the molecule is CC1CCN(C(=O)/C(C#N)=C\NCCc2ccccc2Cl)CC1. The molecule has 0 saturated carbocycles. The first kappa shape index (κ1) is 17.4. The Morgan fingerprint density at radius 3 is 2.78 bits per heavy atom. The second-order valence-corrected chi connectivity index (χ2v) is 6.35. The van der Waals surface area contributed by atoms with Crippen molar-refractivity contribution in [2.45, 2.75) is 26.2 Å². The van der Waals surface area contributed by atoms with Gasteiger partial charge in [-0.3, -0.25) is 4.79 Å². The molecule has 1 heterocycles. The van der Waals surface area contributed by atoms with E-state index in [1.54, 1.807) is 4.90 Å². The van der Waals surface area contributed by atoms with Gasteiger partial charge in [0.25, 0.3) is 5.91 Å². The van der Waals surface area contributed by atoms with Gasteiger partial charge in [0, 0.05) is 30.9 Å². The lowest BCUT2D eigenvalue weighted by atomic mass is 9.99. The molecule has 2 rings (SSSR count). The maximum atomic E-state index is 12.3. The topological polar surface area (TPSA) is 56.1 Å². The molecule has 1 aromatic rings. The van der Waals surface area contributed by atoms with Gasteiger partial charge in [-0.15, -0.1) is 0 Å². The molecule has 0 spiro atoms. The number of amides is 1. The van der Waals surface area contributed by atoms with Crippen molar-refractivity contribution in [3.05, 3.63) is 46.6 Å². The van der Waals surface area contributed by atoms with E-state index in [0.717, 1.165) is 42.9 Å². The van der Waals surface area contributed by atoms with E-state index in [1.807, 2.05) is 30.3 Å². The molecule has 5 heteroatoms. The molecule has 1 amide bonds. The third kappa shape index (κ3) is 5.01. The Balaban J connectivity index is 1.85. The summed E-state index contributed by atoms with van der Waals surface area (Å²) in [5, 5.41) is 13.0. The fraction of sp³-hybridized carbons (Fsp3) is 0.444. The summed E-state index contributed by atoms with van der Waals surface area (Å²) >= 11 is 6.10. The zero-order chi connectivity index (χ0) is 16.7. The van der Waals surface area contributed by atoms with Gasteiger partial charge in [0.15, 0.2) is 0 Å². The molecule has 0 radical (unpaired) electrons.